The molecule has 3 fully saturated rings. The number of nitrogens with zero attached hydrogens (tertiary/aromatic N) is 1. The van der Waals surface area contributed by atoms with Gasteiger partial charge in [0, 0.05) is 0 Å². The molecule has 12 heavy (non-hydrogen) atoms. The van der Waals surface area contributed by atoms with Crippen LogP contribution in [-0.4, -0.2) is 36.9 Å². The molecule has 3 aliphatic heterocycles. The molecule has 0 saturated carbocycles. The van der Waals surface area contributed by atoms with E-state index in [0.29, 0.717) is 0 Å². The van der Waals surface area contributed by atoms with Crippen molar-refractivity contribution < 1.29 is 0 Å². The third-order valence-electron chi connectivity index (χ3n) is 3.30. The van der Waals surface area contributed by atoms with Crippen LogP contribution < -0.4 is 0 Å². The Morgan fingerprint density at radius 2 is 1.25 bits per heavy atom. The van der Waals surface area contributed by atoms with Gasteiger partial charge < -0.3 is 0 Å². The Morgan fingerprint density at radius 1 is 0.833 bits per heavy atom. The summed E-state index contributed by atoms with van der Waals surface area (Å²) in [4.78, 5) is 2.64. The predicted molar refractivity (Wildman–Crippen MR) is 56.3 cm³/mol. The second kappa shape index (κ2) is 3.89. The summed E-state index contributed by atoms with van der Waals surface area (Å²) in [5, 5.41) is 4.29. The van der Waals surface area contributed by atoms with Gasteiger partial charge in [0.05, 0.1) is 0 Å². The van der Waals surface area contributed by atoms with E-state index in [1.807, 2.05) is 0 Å². The van der Waals surface area contributed by atoms with E-state index in [9.17, 15) is 0 Å². The molecule has 70 valence electrons. The average Bonchev–Trinajstić information content (AvgIpc) is 1.93. The van der Waals surface area contributed by atoms with Crippen LogP contribution in [0, 0.1) is 0 Å². The summed E-state index contributed by atoms with van der Waals surface area (Å²) in [7, 11) is 6.75. The summed E-state index contributed by atoms with van der Waals surface area (Å²) in [6.07, 6.45) is 4.18. The molecule has 0 amide bonds. The first-order valence-corrected chi connectivity index (χ1v) is 12.4. The fourth-order valence-corrected chi connectivity index (χ4v) is 11.2. The molecule has 3 heteroatoms. The molecule has 3 rings (SSSR count). The predicted octanol–water partition coefficient (Wildman–Crippen LogP) is 2.67. The van der Waals surface area contributed by atoms with Gasteiger partial charge in [-0.15, -0.1) is 0 Å². The normalized spacial score (nSPS) is 43.2. The van der Waals surface area contributed by atoms with Gasteiger partial charge in [0.2, 0.25) is 0 Å². The number of rotatable bonds is 0. The number of halogens is 1. The molecule has 3 heterocycles. The molecule has 0 N–H and O–H groups in total. The van der Waals surface area contributed by atoms with Crippen molar-refractivity contribution in [2.45, 2.75) is 35.0 Å². The van der Waals surface area contributed by atoms with E-state index in [2.05, 4.69) is 4.90 Å². The summed E-state index contributed by atoms with van der Waals surface area (Å²) in [5.74, 6) is 0. The standard InChI is InChI=1S/C9H18ClGeN/c10-11-4-1-7-12(8-2-5-11)9-3-6-11/h1-9H2. The first-order chi connectivity index (χ1) is 5.79. The van der Waals surface area contributed by atoms with Crippen LogP contribution in [0.25, 0.3) is 0 Å². The van der Waals surface area contributed by atoms with Gasteiger partial charge in [0.25, 0.3) is 0 Å². The fraction of sp³-hybridized carbons (Fsp3) is 1.00. The van der Waals surface area contributed by atoms with E-state index >= 15 is 0 Å². The van der Waals surface area contributed by atoms with E-state index < -0.39 is 12.3 Å². The molecule has 0 aliphatic carbocycles. The molecule has 0 aromatic carbocycles. The summed E-state index contributed by atoms with van der Waals surface area (Å²) in [5.41, 5.74) is 0. The Hall–Kier alpha value is 0.793. The zero-order valence-corrected chi connectivity index (χ0v) is 10.5. The molecule has 3 aliphatic rings. The zero-order valence-electron chi connectivity index (χ0n) is 7.69. The first-order valence-electron chi connectivity index (χ1n) is 5.20. The zero-order chi connectivity index (χ0) is 8.44. The third kappa shape index (κ3) is 2.18. The molecular weight excluding hydrogens is 230 g/mol. The summed E-state index contributed by atoms with van der Waals surface area (Å²) in [6, 6.07) is 0. The minimum atomic E-state index is -1.73. The summed E-state index contributed by atoms with van der Waals surface area (Å²) < 4.78 is 0. The summed E-state index contributed by atoms with van der Waals surface area (Å²) >= 11 is -1.73. The van der Waals surface area contributed by atoms with Crippen molar-refractivity contribution in [3.8, 4) is 0 Å². The van der Waals surface area contributed by atoms with Crippen molar-refractivity contribution in [3.63, 3.8) is 0 Å². The van der Waals surface area contributed by atoms with Gasteiger partial charge in [0.1, 0.15) is 0 Å². The maximum atomic E-state index is 6.75. The van der Waals surface area contributed by atoms with Gasteiger partial charge in [-0.3, -0.25) is 0 Å². The molecule has 0 atom stereocenters. The van der Waals surface area contributed by atoms with Gasteiger partial charge in [0.15, 0.2) is 0 Å². The Bertz CT molecular complexity index is 136. The van der Waals surface area contributed by atoms with Crippen molar-refractivity contribution >= 4 is 22.3 Å². The van der Waals surface area contributed by atoms with Gasteiger partial charge in [-0.2, -0.15) is 0 Å². The fourth-order valence-electron chi connectivity index (χ4n) is 2.57. The average molecular weight is 248 g/mol. The number of hydrogen-bond donors (Lipinski definition) is 0. The van der Waals surface area contributed by atoms with Crippen LogP contribution in [0.1, 0.15) is 19.3 Å². The van der Waals surface area contributed by atoms with E-state index in [4.69, 9.17) is 10.0 Å². The summed E-state index contributed by atoms with van der Waals surface area (Å²) in [6.45, 7) is 4.00. The van der Waals surface area contributed by atoms with Crippen LogP contribution in [0.2, 0.25) is 15.8 Å². The molecule has 0 aromatic heterocycles. The van der Waals surface area contributed by atoms with Crippen LogP contribution >= 0.6 is 10.0 Å². The molecule has 1 nitrogen and oxygen atoms in total. The Morgan fingerprint density at radius 3 is 1.67 bits per heavy atom. The second-order valence-electron chi connectivity index (χ2n) is 4.30. The number of hydrogen-bond acceptors (Lipinski definition) is 1. The Balaban J connectivity index is 2.06. The van der Waals surface area contributed by atoms with E-state index in [-0.39, 0.29) is 0 Å². The van der Waals surface area contributed by atoms with Crippen molar-refractivity contribution in [1.29, 1.82) is 0 Å². The van der Waals surface area contributed by atoms with Gasteiger partial charge in [-0.25, -0.2) is 0 Å². The van der Waals surface area contributed by atoms with E-state index in [0.717, 1.165) is 0 Å². The Kier molecular flexibility index (Phi) is 3.03. The SMILES string of the molecule is [Cl][Ge]12[CH2]CCN(CC[CH2]1)CC[CH2]2. The van der Waals surface area contributed by atoms with Crippen molar-refractivity contribution in [2.75, 3.05) is 19.6 Å². The van der Waals surface area contributed by atoms with Crippen molar-refractivity contribution in [1.82, 2.24) is 4.90 Å². The van der Waals surface area contributed by atoms with Crippen LogP contribution in [0.15, 0.2) is 0 Å². The molecule has 2 bridgehead atoms. The molecule has 0 unspecified atom stereocenters. The molecule has 3 saturated heterocycles. The molecular formula is C9H18ClGeN. The van der Waals surface area contributed by atoms with Gasteiger partial charge in [-0.05, 0) is 0 Å². The number of fused-ring (bicyclic) bond motifs is 6. The van der Waals surface area contributed by atoms with Crippen molar-refractivity contribution in [3.05, 3.63) is 0 Å². The topological polar surface area (TPSA) is 3.24 Å². The molecule has 0 radical (unpaired) electrons. The van der Waals surface area contributed by atoms with Crippen LogP contribution in [-0.2, 0) is 0 Å². The van der Waals surface area contributed by atoms with E-state index in [1.165, 1.54) is 54.7 Å². The second-order valence-corrected chi connectivity index (χ2v) is 16.4. The van der Waals surface area contributed by atoms with Gasteiger partial charge >= 0.3 is 81.9 Å². The van der Waals surface area contributed by atoms with E-state index in [1.54, 1.807) is 0 Å². The van der Waals surface area contributed by atoms with Crippen LogP contribution in [0.4, 0.5) is 0 Å². The van der Waals surface area contributed by atoms with Gasteiger partial charge in [-0.1, -0.05) is 0 Å². The molecule has 0 spiro atoms. The molecule has 0 aromatic rings. The minimum absolute atomic E-state index is 1.33. The van der Waals surface area contributed by atoms with Crippen molar-refractivity contribution in [2.24, 2.45) is 0 Å². The quantitative estimate of drug-likeness (QED) is 0.596. The third-order valence-corrected chi connectivity index (χ3v) is 14.1. The first kappa shape index (κ1) is 9.35. The Labute approximate surface area is 82.0 Å². The van der Waals surface area contributed by atoms with Crippen LogP contribution in [0.3, 0.4) is 0 Å². The van der Waals surface area contributed by atoms with Crippen LogP contribution in [0.5, 0.6) is 0 Å². The monoisotopic (exact) mass is 249 g/mol. The maximum absolute atomic E-state index is 6.75.